The number of benzene rings is 1. The fraction of sp³-hybridized carbons (Fsp3) is 0.333. The molecule has 1 aromatic carbocycles. The molecular weight excluding hydrogens is 224 g/mol. The molecule has 5 heteroatoms. The van der Waals surface area contributed by atoms with Crippen molar-refractivity contribution in [3.63, 3.8) is 0 Å². The first-order valence-electron chi connectivity index (χ1n) is 5.18. The summed E-state index contributed by atoms with van der Waals surface area (Å²) in [6, 6.07) is 4.64. The van der Waals surface area contributed by atoms with E-state index in [1.54, 1.807) is 19.1 Å². The third kappa shape index (κ3) is 3.29. The van der Waals surface area contributed by atoms with Crippen molar-refractivity contribution < 1.29 is 24.2 Å². The number of carbonyl (C=O) groups is 2. The van der Waals surface area contributed by atoms with Gasteiger partial charge in [0.25, 0.3) is 0 Å². The maximum atomic E-state index is 11.7. The van der Waals surface area contributed by atoms with Gasteiger partial charge in [0.15, 0.2) is 0 Å². The Morgan fingerprint density at radius 1 is 1.35 bits per heavy atom. The first-order chi connectivity index (χ1) is 8.10. The quantitative estimate of drug-likeness (QED) is 0.632. The molecule has 1 aromatic rings. The molecule has 0 unspecified atom stereocenters. The molecule has 0 radical (unpaired) electrons. The SMILES string of the molecule is CCOC(=O)c1c(CO)cccc1OC(C)=O. The van der Waals surface area contributed by atoms with Crippen LogP contribution in [0.4, 0.5) is 0 Å². The molecule has 0 saturated heterocycles. The smallest absolute Gasteiger partial charge is 0.342 e. The van der Waals surface area contributed by atoms with Gasteiger partial charge in [-0.2, -0.15) is 0 Å². The van der Waals surface area contributed by atoms with Crippen LogP contribution >= 0.6 is 0 Å². The molecule has 1 rings (SSSR count). The molecule has 1 N–H and O–H groups in total. The molecular formula is C12H14O5. The summed E-state index contributed by atoms with van der Waals surface area (Å²) < 4.78 is 9.76. The lowest BCUT2D eigenvalue weighted by Crippen LogP contribution is -2.13. The Hall–Kier alpha value is -1.88. The van der Waals surface area contributed by atoms with E-state index in [9.17, 15) is 9.59 Å². The number of aliphatic hydroxyl groups is 1. The summed E-state index contributed by atoms with van der Waals surface area (Å²) in [6.07, 6.45) is 0. The van der Waals surface area contributed by atoms with Gasteiger partial charge in [-0.1, -0.05) is 12.1 Å². The molecule has 0 atom stereocenters. The van der Waals surface area contributed by atoms with Gasteiger partial charge < -0.3 is 14.6 Å². The zero-order valence-corrected chi connectivity index (χ0v) is 9.73. The van der Waals surface area contributed by atoms with Crippen LogP contribution in [0.1, 0.15) is 29.8 Å². The molecule has 0 aliphatic carbocycles. The van der Waals surface area contributed by atoms with Crippen molar-refractivity contribution in [1.29, 1.82) is 0 Å². The Bertz CT molecular complexity index is 425. The molecule has 0 bridgehead atoms. The standard InChI is InChI=1S/C12H14O5/c1-3-16-12(15)11-9(7-13)5-4-6-10(11)17-8(2)14/h4-6,13H,3,7H2,1-2H3. The summed E-state index contributed by atoms with van der Waals surface area (Å²) in [7, 11) is 0. The monoisotopic (exact) mass is 238 g/mol. The van der Waals surface area contributed by atoms with Gasteiger partial charge in [-0.3, -0.25) is 4.79 Å². The topological polar surface area (TPSA) is 72.8 Å². The van der Waals surface area contributed by atoms with Crippen LogP contribution in [0.25, 0.3) is 0 Å². The molecule has 92 valence electrons. The first kappa shape index (κ1) is 13.2. The molecule has 0 amide bonds. The molecule has 0 aliphatic heterocycles. The molecule has 0 fully saturated rings. The summed E-state index contributed by atoms with van der Waals surface area (Å²) in [5, 5.41) is 9.15. The minimum absolute atomic E-state index is 0.0899. The van der Waals surface area contributed by atoms with E-state index in [0.717, 1.165) is 0 Å². The van der Waals surface area contributed by atoms with Crippen LogP contribution in [-0.4, -0.2) is 23.7 Å². The second-order valence-corrected chi connectivity index (χ2v) is 3.26. The zero-order chi connectivity index (χ0) is 12.8. The van der Waals surface area contributed by atoms with Crippen LogP contribution in [0, 0.1) is 0 Å². The van der Waals surface area contributed by atoms with Gasteiger partial charge in [0, 0.05) is 6.92 Å². The molecule has 0 aliphatic rings. The van der Waals surface area contributed by atoms with Gasteiger partial charge in [0.2, 0.25) is 0 Å². The fourth-order valence-electron chi connectivity index (χ4n) is 1.38. The highest BCUT2D eigenvalue weighted by Gasteiger charge is 2.19. The van der Waals surface area contributed by atoms with Crippen molar-refractivity contribution in [2.24, 2.45) is 0 Å². The molecule has 0 heterocycles. The maximum Gasteiger partial charge on any atom is 0.342 e. The maximum absolute atomic E-state index is 11.7. The summed E-state index contributed by atoms with van der Waals surface area (Å²) >= 11 is 0. The van der Waals surface area contributed by atoms with E-state index in [-0.39, 0.29) is 24.5 Å². The molecule has 0 aromatic heterocycles. The van der Waals surface area contributed by atoms with Crippen molar-refractivity contribution >= 4 is 11.9 Å². The van der Waals surface area contributed by atoms with Gasteiger partial charge in [0.05, 0.1) is 13.2 Å². The molecule has 0 spiro atoms. The van der Waals surface area contributed by atoms with E-state index in [4.69, 9.17) is 14.6 Å². The largest absolute Gasteiger partial charge is 0.462 e. The van der Waals surface area contributed by atoms with Crippen LogP contribution < -0.4 is 4.74 Å². The van der Waals surface area contributed by atoms with E-state index in [1.165, 1.54) is 13.0 Å². The lowest BCUT2D eigenvalue weighted by atomic mass is 10.1. The van der Waals surface area contributed by atoms with Gasteiger partial charge >= 0.3 is 11.9 Å². The van der Waals surface area contributed by atoms with E-state index in [0.29, 0.717) is 5.56 Å². The van der Waals surface area contributed by atoms with Crippen LogP contribution in [0.5, 0.6) is 5.75 Å². The summed E-state index contributed by atoms with van der Waals surface area (Å²) in [5.74, 6) is -1.05. The zero-order valence-electron chi connectivity index (χ0n) is 9.73. The summed E-state index contributed by atoms with van der Waals surface area (Å²) in [6.45, 7) is 2.78. The van der Waals surface area contributed by atoms with Crippen molar-refractivity contribution in [3.05, 3.63) is 29.3 Å². The summed E-state index contributed by atoms with van der Waals surface area (Å²) in [5.41, 5.74) is 0.453. The first-order valence-corrected chi connectivity index (χ1v) is 5.18. The van der Waals surface area contributed by atoms with Crippen molar-refractivity contribution in [3.8, 4) is 5.75 Å². The van der Waals surface area contributed by atoms with Crippen molar-refractivity contribution in [1.82, 2.24) is 0 Å². The average molecular weight is 238 g/mol. The minimum Gasteiger partial charge on any atom is -0.462 e. The number of esters is 2. The van der Waals surface area contributed by atoms with E-state index >= 15 is 0 Å². The number of hydrogen-bond donors (Lipinski definition) is 1. The fourth-order valence-corrected chi connectivity index (χ4v) is 1.38. The Morgan fingerprint density at radius 2 is 2.06 bits per heavy atom. The highest BCUT2D eigenvalue weighted by Crippen LogP contribution is 2.24. The number of aliphatic hydroxyl groups excluding tert-OH is 1. The van der Waals surface area contributed by atoms with Crippen LogP contribution in [0.3, 0.4) is 0 Å². The van der Waals surface area contributed by atoms with Crippen LogP contribution in [0.15, 0.2) is 18.2 Å². The number of carbonyl (C=O) groups excluding carboxylic acids is 2. The lowest BCUT2D eigenvalue weighted by Gasteiger charge is -2.11. The third-order valence-corrected chi connectivity index (χ3v) is 2.02. The second-order valence-electron chi connectivity index (χ2n) is 3.26. The summed E-state index contributed by atoms with van der Waals surface area (Å²) in [4.78, 5) is 22.6. The van der Waals surface area contributed by atoms with Gasteiger partial charge in [-0.05, 0) is 18.6 Å². The average Bonchev–Trinajstić information content (AvgIpc) is 2.28. The Kier molecular flexibility index (Phi) is 4.66. The lowest BCUT2D eigenvalue weighted by molar-refractivity contribution is -0.131. The molecule has 5 nitrogen and oxygen atoms in total. The highest BCUT2D eigenvalue weighted by atomic mass is 16.5. The van der Waals surface area contributed by atoms with Gasteiger partial charge in [0.1, 0.15) is 11.3 Å². The molecule has 17 heavy (non-hydrogen) atoms. The number of rotatable bonds is 4. The van der Waals surface area contributed by atoms with Crippen LogP contribution in [-0.2, 0) is 16.1 Å². The second kappa shape index (κ2) is 6.00. The van der Waals surface area contributed by atoms with E-state index in [2.05, 4.69) is 0 Å². The van der Waals surface area contributed by atoms with Crippen molar-refractivity contribution in [2.45, 2.75) is 20.5 Å². The van der Waals surface area contributed by atoms with E-state index < -0.39 is 11.9 Å². The predicted octanol–water partition coefficient (Wildman–Crippen LogP) is 1.28. The minimum atomic E-state index is -0.617. The third-order valence-electron chi connectivity index (χ3n) is 2.02. The van der Waals surface area contributed by atoms with Crippen LogP contribution in [0.2, 0.25) is 0 Å². The highest BCUT2D eigenvalue weighted by molar-refractivity contribution is 5.95. The number of hydrogen-bond acceptors (Lipinski definition) is 5. The Balaban J connectivity index is 3.19. The molecule has 0 saturated carbocycles. The van der Waals surface area contributed by atoms with Gasteiger partial charge in [-0.15, -0.1) is 0 Å². The normalized spacial score (nSPS) is 9.82. The van der Waals surface area contributed by atoms with Gasteiger partial charge in [-0.25, -0.2) is 4.79 Å². The number of ether oxygens (including phenoxy) is 2. The van der Waals surface area contributed by atoms with E-state index in [1.807, 2.05) is 0 Å². The predicted molar refractivity (Wildman–Crippen MR) is 59.6 cm³/mol. The Labute approximate surface area is 99.0 Å². The Morgan fingerprint density at radius 3 is 2.59 bits per heavy atom. The van der Waals surface area contributed by atoms with Crippen molar-refractivity contribution in [2.75, 3.05) is 6.61 Å².